The SMILES string of the molecule is CCCCCCCN1CCCC1COc1ccc(C(=O)c2ccc(Br)cc2)cc1. The van der Waals surface area contributed by atoms with Crippen molar-refractivity contribution in [2.75, 3.05) is 19.7 Å². The number of rotatable bonds is 11. The lowest BCUT2D eigenvalue weighted by atomic mass is 10.0. The molecular formula is C25H32BrNO2. The molecule has 2 aromatic rings. The molecule has 156 valence electrons. The van der Waals surface area contributed by atoms with Gasteiger partial charge in [-0.15, -0.1) is 0 Å². The standard InChI is InChI=1S/C25H32BrNO2/c1-2-3-4-5-6-17-27-18-7-8-23(27)19-29-24-15-11-21(12-16-24)25(28)20-9-13-22(26)14-10-20/h9-16,23H,2-8,17-19H2,1H3. The highest BCUT2D eigenvalue weighted by molar-refractivity contribution is 9.10. The molecule has 1 aliphatic heterocycles. The van der Waals surface area contributed by atoms with Gasteiger partial charge in [-0.1, -0.05) is 48.5 Å². The summed E-state index contributed by atoms with van der Waals surface area (Å²) in [6, 6.07) is 15.5. The van der Waals surface area contributed by atoms with E-state index in [0.717, 1.165) is 16.8 Å². The minimum absolute atomic E-state index is 0.0362. The van der Waals surface area contributed by atoms with Gasteiger partial charge in [-0.3, -0.25) is 9.69 Å². The van der Waals surface area contributed by atoms with Crippen molar-refractivity contribution in [1.29, 1.82) is 0 Å². The number of halogens is 1. The molecule has 0 aliphatic carbocycles. The topological polar surface area (TPSA) is 29.5 Å². The van der Waals surface area contributed by atoms with Crippen LogP contribution in [0.15, 0.2) is 53.0 Å². The molecule has 0 aromatic heterocycles. The summed E-state index contributed by atoms with van der Waals surface area (Å²) in [6.07, 6.45) is 9.13. The van der Waals surface area contributed by atoms with Gasteiger partial charge >= 0.3 is 0 Å². The molecule has 1 atom stereocenters. The highest BCUT2D eigenvalue weighted by atomic mass is 79.9. The van der Waals surface area contributed by atoms with Crippen molar-refractivity contribution in [2.24, 2.45) is 0 Å². The molecule has 0 N–H and O–H groups in total. The number of nitrogens with zero attached hydrogens (tertiary/aromatic N) is 1. The van der Waals surface area contributed by atoms with E-state index in [1.54, 1.807) is 0 Å². The van der Waals surface area contributed by atoms with Gasteiger partial charge in [-0.05, 0) is 80.9 Å². The number of hydrogen-bond acceptors (Lipinski definition) is 3. The van der Waals surface area contributed by atoms with Crippen LogP contribution in [-0.4, -0.2) is 36.4 Å². The minimum atomic E-state index is 0.0362. The highest BCUT2D eigenvalue weighted by Crippen LogP contribution is 2.21. The maximum Gasteiger partial charge on any atom is 0.193 e. The zero-order valence-electron chi connectivity index (χ0n) is 17.4. The molecule has 3 nitrogen and oxygen atoms in total. The fourth-order valence-electron chi connectivity index (χ4n) is 3.96. The van der Waals surface area contributed by atoms with Gasteiger partial charge in [0, 0.05) is 21.6 Å². The second-order valence-corrected chi connectivity index (χ2v) is 8.83. The smallest absolute Gasteiger partial charge is 0.193 e. The van der Waals surface area contributed by atoms with Crippen LogP contribution in [0, 0.1) is 0 Å². The molecule has 1 fully saturated rings. The van der Waals surface area contributed by atoms with E-state index in [1.807, 2.05) is 48.5 Å². The summed E-state index contributed by atoms with van der Waals surface area (Å²) in [6.45, 7) is 5.38. The van der Waals surface area contributed by atoms with Crippen LogP contribution in [0.3, 0.4) is 0 Å². The molecule has 1 heterocycles. The van der Waals surface area contributed by atoms with Crippen molar-refractivity contribution in [2.45, 2.75) is 57.9 Å². The largest absolute Gasteiger partial charge is 0.492 e. The minimum Gasteiger partial charge on any atom is -0.492 e. The van der Waals surface area contributed by atoms with E-state index >= 15 is 0 Å². The molecule has 0 saturated carbocycles. The van der Waals surface area contributed by atoms with E-state index in [0.29, 0.717) is 17.2 Å². The van der Waals surface area contributed by atoms with Crippen LogP contribution in [0.5, 0.6) is 5.75 Å². The van der Waals surface area contributed by atoms with Crippen molar-refractivity contribution in [3.05, 3.63) is 64.1 Å². The number of ether oxygens (including phenoxy) is 1. The van der Waals surface area contributed by atoms with Gasteiger partial charge in [-0.2, -0.15) is 0 Å². The van der Waals surface area contributed by atoms with E-state index in [-0.39, 0.29) is 5.78 Å². The molecule has 1 aliphatic rings. The number of benzene rings is 2. The Hall–Kier alpha value is -1.65. The molecule has 0 bridgehead atoms. The molecule has 0 spiro atoms. The van der Waals surface area contributed by atoms with Crippen molar-refractivity contribution >= 4 is 21.7 Å². The lowest BCUT2D eigenvalue weighted by Crippen LogP contribution is -2.34. The van der Waals surface area contributed by atoms with Gasteiger partial charge in [0.1, 0.15) is 12.4 Å². The van der Waals surface area contributed by atoms with Gasteiger partial charge in [0.25, 0.3) is 0 Å². The fraction of sp³-hybridized carbons (Fsp3) is 0.480. The Morgan fingerprint density at radius 1 is 1.00 bits per heavy atom. The van der Waals surface area contributed by atoms with E-state index in [2.05, 4.69) is 27.8 Å². The first-order chi connectivity index (χ1) is 14.2. The third kappa shape index (κ3) is 6.68. The Labute approximate surface area is 183 Å². The van der Waals surface area contributed by atoms with E-state index in [1.165, 1.54) is 58.0 Å². The second kappa shape index (κ2) is 11.5. The molecular weight excluding hydrogens is 426 g/mol. The van der Waals surface area contributed by atoms with Gasteiger partial charge in [-0.25, -0.2) is 0 Å². The average Bonchev–Trinajstić information content (AvgIpc) is 3.20. The molecule has 4 heteroatoms. The predicted octanol–water partition coefficient (Wildman–Crippen LogP) is 6.49. The third-order valence-corrected chi connectivity index (χ3v) is 6.24. The molecule has 0 amide bonds. The number of hydrogen-bond donors (Lipinski definition) is 0. The van der Waals surface area contributed by atoms with Crippen LogP contribution in [0.2, 0.25) is 0 Å². The van der Waals surface area contributed by atoms with Crippen LogP contribution in [0.25, 0.3) is 0 Å². The Bertz CT molecular complexity index is 757. The van der Waals surface area contributed by atoms with Gasteiger partial charge in [0.2, 0.25) is 0 Å². The monoisotopic (exact) mass is 457 g/mol. The van der Waals surface area contributed by atoms with Crippen molar-refractivity contribution < 1.29 is 9.53 Å². The summed E-state index contributed by atoms with van der Waals surface area (Å²) in [5.74, 6) is 0.876. The first-order valence-electron chi connectivity index (χ1n) is 10.9. The normalized spacial score (nSPS) is 16.8. The summed E-state index contributed by atoms with van der Waals surface area (Å²) in [4.78, 5) is 15.2. The summed E-state index contributed by atoms with van der Waals surface area (Å²) >= 11 is 3.40. The Kier molecular flexibility index (Phi) is 8.75. The molecule has 3 rings (SSSR count). The summed E-state index contributed by atoms with van der Waals surface area (Å²) in [5.41, 5.74) is 1.39. The van der Waals surface area contributed by atoms with E-state index in [9.17, 15) is 4.79 Å². The van der Waals surface area contributed by atoms with Crippen molar-refractivity contribution in [1.82, 2.24) is 4.90 Å². The lowest BCUT2D eigenvalue weighted by Gasteiger charge is -2.24. The van der Waals surface area contributed by atoms with Crippen LogP contribution >= 0.6 is 15.9 Å². The van der Waals surface area contributed by atoms with Crippen LogP contribution in [0.4, 0.5) is 0 Å². The zero-order chi connectivity index (χ0) is 20.5. The van der Waals surface area contributed by atoms with Gasteiger partial charge in [0.15, 0.2) is 5.78 Å². The molecule has 0 radical (unpaired) electrons. The van der Waals surface area contributed by atoms with E-state index < -0.39 is 0 Å². The van der Waals surface area contributed by atoms with Crippen molar-refractivity contribution in [3.63, 3.8) is 0 Å². The maximum atomic E-state index is 12.6. The first kappa shape index (κ1) is 22.0. The van der Waals surface area contributed by atoms with Gasteiger partial charge < -0.3 is 4.74 Å². The van der Waals surface area contributed by atoms with Crippen LogP contribution in [0.1, 0.15) is 67.8 Å². The number of ketones is 1. The average molecular weight is 458 g/mol. The predicted molar refractivity (Wildman–Crippen MR) is 123 cm³/mol. The zero-order valence-corrected chi connectivity index (χ0v) is 19.0. The fourth-order valence-corrected chi connectivity index (χ4v) is 4.22. The number of carbonyl (C=O) groups is 1. The van der Waals surface area contributed by atoms with Gasteiger partial charge in [0.05, 0.1) is 0 Å². The van der Waals surface area contributed by atoms with Crippen LogP contribution < -0.4 is 4.74 Å². The second-order valence-electron chi connectivity index (χ2n) is 7.92. The molecule has 1 saturated heterocycles. The van der Waals surface area contributed by atoms with E-state index in [4.69, 9.17) is 4.74 Å². The first-order valence-corrected chi connectivity index (χ1v) is 11.7. The Morgan fingerprint density at radius 2 is 1.66 bits per heavy atom. The Balaban J connectivity index is 1.47. The molecule has 1 unspecified atom stereocenters. The summed E-state index contributed by atoms with van der Waals surface area (Å²) < 4.78 is 7.03. The highest BCUT2D eigenvalue weighted by Gasteiger charge is 2.24. The molecule has 2 aromatic carbocycles. The third-order valence-electron chi connectivity index (χ3n) is 5.71. The molecule has 29 heavy (non-hydrogen) atoms. The quantitative estimate of drug-likeness (QED) is 0.285. The Morgan fingerprint density at radius 3 is 2.34 bits per heavy atom. The maximum absolute atomic E-state index is 12.6. The van der Waals surface area contributed by atoms with Crippen molar-refractivity contribution in [3.8, 4) is 5.75 Å². The number of unbranched alkanes of at least 4 members (excludes halogenated alkanes) is 4. The lowest BCUT2D eigenvalue weighted by molar-refractivity contribution is 0.103. The van der Waals surface area contributed by atoms with Crippen LogP contribution in [-0.2, 0) is 0 Å². The summed E-state index contributed by atoms with van der Waals surface area (Å²) in [7, 11) is 0. The number of likely N-dealkylation sites (tertiary alicyclic amines) is 1. The number of carbonyl (C=O) groups excluding carboxylic acids is 1. The summed E-state index contributed by atoms with van der Waals surface area (Å²) in [5, 5.41) is 0.